The Morgan fingerprint density at radius 1 is 1.08 bits per heavy atom. The van der Waals surface area contributed by atoms with Crippen molar-refractivity contribution in [3.63, 3.8) is 0 Å². The maximum Gasteiger partial charge on any atom is 0.254 e. The lowest BCUT2D eigenvalue weighted by Gasteiger charge is -2.26. The van der Waals surface area contributed by atoms with Crippen LogP contribution in [0, 0.1) is 5.82 Å². The molecular weight excluding hydrogens is 307 g/mol. The van der Waals surface area contributed by atoms with Crippen LogP contribution in [0.5, 0.6) is 0 Å². The average molecular weight is 328 g/mol. The Hall–Kier alpha value is -2.24. The summed E-state index contributed by atoms with van der Waals surface area (Å²) < 4.78 is 19.3. The van der Waals surface area contributed by atoms with Crippen molar-refractivity contribution in [1.29, 1.82) is 0 Å². The van der Waals surface area contributed by atoms with Gasteiger partial charge >= 0.3 is 0 Å². The Kier molecular flexibility index (Phi) is 5.56. The summed E-state index contributed by atoms with van der Waals surface area (Å²) in [5.74, 6) is -0.878. The van der Waals surface area contributed by atoms with Crippen LogP contribution in [0.3, 0.4) is 0 Å². The first-order chi connectivity index (χ1) is 11.7. The first-order valence-corrected chi connectivity index (χ1v) is 8.17. The van der Waals surface area contributed by atoms with Gasteiger partial charge in [-0.25, -0.2) is 4.39 Å². The number of hydrogen-bond donors (Lipinski definition) is 1. The Morgan fingerprint density at radius 3 is 2.58 bits per heavy atom. The van der Waals surface area contributed by atoms with E-state index in [0.29, 0.717) is 6.54 Å². The molecule has 1 saturated heterocycles. The molecule has 1 N–H and O–H groups in total. The van der Waals surface area contributed by atoms with Gasteiger partial charge in [0.05, 0.1) is 18.8 Å². The SMILES string of the molecule is O=C(NCCN1CCOCC1)c1cc(-c2ccccc2)ccc1F. The maximum absolute atomic E-state index is 14.0. The highest BCUT2D eigenvalue weighted by Crippen LogP contribution is 2.21. The van der Waals surface area contributed by atoms with E-state index < -0.39 is 5.82 Å². The summed E-state index contributed by atoms with van der Waals surface area (Å²) in [5.41, 5.74) is 1.87. The molecule has 0 atom stereocenters. The van der Waals surface area contributed by atoms with Crippen LogP contribution in [0.1, 0.15) is 10.4 Å². The summed E-state index contributed by atoms with van der Waals surface area (Å²) in [6.07, 6.45) is 0. The zero-order valence-corrected chi connectivity index (χ0v) is 13.5. The second-order valence-electron chi connectivity index (χ2n) is 5.77. The van der Waals surface area contributed by atoms with Crippen molar-refractivity contribution in [2.24, 2.45) is 0 Å². The number of halogens is 1. The summed E-state index contributed by atoms with van der Waals surface area (Å²) in [6.45, 7) is 4.42. The smallest absolute Gasteiger partial charge is 0.254 e. The minimum atomic E-state index is -0.501. The van der Waals surface area contributed by atoms with Crippen molar-refractivity contribution in [3.8, 4) is 11.1 Å². The second kappa shape index (κ2) is 8.04. The van der Waals surface area contributed by atoms with Gasteiger partial charge in [0.15, 0.2) is 0 Å². The molecule has 1 amide bonds. The van der Waals surface area contributed by atoms with Crippen molar-refractivity contribution in [3.05, 3.63) is 59.9 Å². The van der Waals surface area contributed by atoms with Gasteiger partial charge in [-0.1, -0.05) is 36.4 Å². The summed E-state index contributed by atoms with van der Waals surface area (Å²) in [7, 11) is 0. The van der Waals surface area contributed by atoms with E-state index in [9.17, 15) is 9.18 Å². The zero-order valence-electron chi connectivity index (χ0n) is 13.5. The van der Waals surface area contributed by atoms with E-state index in [1.54, 1.807) is 12.1 Å². The third kappa shape index (κ3) is 4.19. The molecule has 2 aromatic rings. The molecule has 1 aliphatic rings. The van der Waals surface area contributed by atoms with Crippen LogP contribution in [0.4, 0.5) is 4.39 Å². The van der Waals surface area contributed by atoms with E-state index in [0.717, 1.165) is 44.0 Å². The standard InChI is InChI=1S/C19H21FN2O2/c20-18-7-6-16(15-4-2-1-3-5-15)14-17(18)19(23)21-8-9-22-10-12-24-13-11-22/h1-7,14H,8-13H2,(H,21,23). The van der Waals surface area contributed by atoms with Gasteiger partial charge in [-0.05, 0) is 23.3 Å². The predicted molar refractivity (Wildman–Crippen MR) is 91.4 cm³/mol. The molecule has 126 valence electrons. The molecular formula is C19H21FN2O2. The number of amides is 1. The normalized spacial score (nSPS) is 15.2. The van der Waals surface area contributed by atoms with Gasteiger partial charge in [0.1, 0.15) is 5.82 Å². The highest BCUT2D eigenvalue weighted by atomic mass is 19.1. The predicted octanol–water partition coefficient (Wildman–Crippen LogP) is 2.55. The molecule has 24 heavy (non-hydrogen) atoms. The third-order valence-corrected chi connectivity index (χ3v) is 4.14. The minimum absolute atomic E-state index is 0.0818. The number of rotatable bonds is 5. The topological polar surface area (TPSA) is 41.6 Å². The number of ether oxygens (including phenoxy) is 1. The molecule has 1 aliphatic heterocycles. The number of carbonyl (C=O) groups excluding carboxylic acids is 1. The van der Waals surface area contributed by atoms with Crippen LogP contribution < -0.4 is 5.32 Å². The highest BCUT2D eigenvalue weighted by molar-refractivity contribution is 5.95. The molecule has 5 heteroatoms. The molecule has 1 heterocycles. The van der Waals surface area contributed by atoms with Gasteiger partial charge in [0.2, 0.25) is 0 Å². The lowest BCUT2D eigenvalue weighted by molar-refractivity contribution is 0.0383. The van der Waals surface area contributed by atoms with Gasteiger partial charge < -0.3 is 10.1 Å². The van der Waals surface area contributed by atoms with Crippen molar-refractivity contribution in [1.82, 2.24) is 10.2 Å². The number of hydrogen-bond acceptors (Lipinski definition) is 3. The lowest BCUT2D eigenvalue weighted by Crippen LogP contribution is -2.41. The Morgan fingerprint density at radius 2 is 1.83 bits per heavy atom. The van der Waals surface area contributed by atoms with Crippen molar-refractivity contribution in [2.45, 2.75) is 0 Å². The lowest BCUT2D eigenvalue weighted by atomic mass is 10.0. The van der Waals surface area contributed by atoms with Gasteiger partial charge in [0, 0.05) is 26.2 Å². The number of benzene rings is 2. The van der Waals surface area contributed by atoms with Crippen molar-refractivity contribution < 1.29 is 13.9 Å². The molecule has 4 nitrogen and oxygen atoms in total. The van der Waals surface area contributed by atoms with Gasteiger partial charge in [-0.3, -0.25) is 9.69 Å². The quantitative estimate of drug-likeness (QED) is 0.917. The zero-order chi connectivity index (χ0) is 16.8. The van der Waals surface area contributed by atoms with Gasteiger partial charge in [-0.2, -0.15) is 0 Å². The third-order valence-electron chi connectivity index (χ3n) is 4.14. The van der Waals surface area contributed by atoms with Crippen molar-refractivity contribution in [2.75, 3.05) is 39.4 Å². The van der Waals surface area contributed by atoms with Crippen LogP contribution >= 0.6 is 0 Å². The molecule has 3 rings (SSSR count). The van der Waals surface area contributed by atoms with E-state index in [2.05, 4.69) is 10.2 Å². The molecule has 0 aliphatic carbocycles. The molecule has 0 spiro atoms. The Balaban J connectivity index is 1.63. The van der Waals surface area contributed by atoms with Crippen LogP contribution in [-0.2, 0) is 4.74 Å². The van der Waals surface area contributed by atoms with Crippen LogP contribution in [0.15, 0.2) is 48.5 Å². The fraction of sp³-hybridized carbons (Fsp3) is 0.316. The van der Waals surface area contributed by atoms with E-state index in [-0.39, 0.29) is 11.5 Å². The van der Waals surface area contributed by atoms with E-state index in [1.165, 1.54) is 6.07 Å². The monoisotopic (exact) mass is 328 g/mol. The molecule has 0 unspecified atom stereocenters. The summed E-state index contributed by atoms with van der Waals surface area (Å²) in [5, 5.41) is 2.80. The summed E-state index contributed by atoms with van der Waals surface area (Å²) in [6, 6.07) is 14.3. The molecule has 2 aromatic carbocycles. The number of nitrogens with zero attached hydrogens (tertiary/aromatic N) is 1. The Bertz CT molecular complexity index is 685. The maximum atomic E-state index is 14.0. The molecule has 0 bridgehead atoms. The van der Waals surface area contributed by atoms with Gasteiger partial charge in [0.25, 0.3) is 5.91 Å². The summed E-state index contributed by atoms with van der Waals surface area (Å²) >= 11 is 0. The second-order valence-corrected chi connectivity index (χ2v) is 5.77. The van der Waals surface area contributed by atoms with Crippen LogP contribution in [-0.4, -0.2) is 50.2 Å². The average Bonchev–Trinajstić information content (AvgIpc) is 2.63. The largest absolute Gasteiger partial charge is 0.379 e. The first kappa shape index (κ1) is 16.6. The van der Waals surface area contributed by atoms with Gasteiger partial charge in [-0.15, -0.1) is 0 Å². The van der Waals surface area contributed by atoms with E-state index in [1.807, 2.05) is 30.3 Å². The molecule has 1 fully saturated rings. The number of morpholine rings is 1. The fourth-order valence-electron chi connectivity index (χ4n) is 2.76. The van der Waals surface area contributed by atoms with E-state index in [4.69, 9.17) is 4.74 Å². The van der Waals surface area contributed by atoms with Crippen LogP contribution in [0.2, 0.25) is 0 Å². The minimum Gasteiger partial charge on any atom is -0.379 e. The highest BCUT2D eigenvalue weighted by Gasteiger charge is 2.14. The van der Waals surface area contributed by atoms with E-state index >= 15 is 0 Å². The Labute approximate surface area is 141 Å². The molecule has 0 radical (unpaired) electrons. The van der Waals surface area contributed by atoms with Crippen molar-refractivity contribution >= 4 is 5.91 Å². The first-order valence-electron chi connectivity index (χ1n) is 8.17. The number of nitrogens with one attached hydrogen (secondary N) is 1. The molecule has 0 saturated carbocycles. The summed E-state index contributed by atoms with van der Waals surface area (Å²) in [4.78, 5) is 14.5. The number of carbonyl (C=O) groups is 1. The fourth-order valence-corrected chi connectivity index (χ4v) is 2.76. The van der Waals surface area contributed by atoms with Crippen LogP contribution in [0.25, 0.3) is 11.1 Å². The molecule has 0 aromatic heterocycles.